The second kappa shape index (κ2) is 7.28. The molecular formula is C13H27N. The molecule has 14 heavy (non-hydrogen) atoms. The molecule has 84 valence electrons. The van der Waals surface area contributed by atoms with Crippen LogP contribution in [0.3, 0.4) is 0 Å². The molecule has 1 aliphatic carbocycles. The van der Waals surface area contributed by atoms with Gasteiger partial charge >= 0.3 is 0 Å². The first-order chi connectivity index (χ1) is 6.86. The average molecular weight is 197 g/mol. The summed E-state index contributed by atoms with van der Waals surface area (Å²) in [6.45, 7) is 5.81. The van der Waals surface area contributed by atoms with Crippen LogP contribution < -0.4 is 5.32 Å². The van der Waals surface area contributed by atoms with Gasteiger partial charge in [-0.3, -0.25) is 0 Å². The Kier molecular flexibility index (Phi) is 6.25. The zero-order valence-corrected chi connectivity index (χ0v) is 10.0. The predicted octanol–water partition coefficient (Wildman–Crippen LogP) is 3.74. The lowest BCUT2D eigenvalue weighted by atomic mass is 9.87. The van der Waals surface area contributed by atoms with Gasteiger partial charge in [0.1, 0.15) is 0 Å². The molecule has 0 aliphatic heterocycles. The number of nitrogens with one attached hydrogen (secondary N) is 1. The Bertz CT molecular complexity index is 123. The normalized spacial score (nSPS) is 19.1. The van der Waals surface area contributed by atoms with Crippen LogP contribution in [0.25, 0.3) is 0 Å². The molecule has 1 saturated carbocycles. The molecule has 0 atom stereocenters. The van der Waals surface area contributed by atoms with Gasteiger partial charge in [0.2, 0.25) is 0 Å². The van der Waals surface area contributed by atoms with Gasteiger partial charge in [-0.05, 0) is 31.7 Å². The summed E-state index contributed by atoms with van der Waals surface area (Å²) in [6.07, 6.45) is 11.4. The van der Waals surface area contributed by atoms with Crippen LogP contribution >= 0.6 is 0 Å². The smallest absolute Gasteiger partial charge is 0.00618 e. The van der Waals surface area contributed by atoms with E-state index in [2.05, 4.69) is 19.2 Å². The van der Waals surface area contributed by atoms with Gasteiger partial charge in [0.15, 0.2) is 0 Å². The van der Waals surface area contributed by atoms with E-state index in [1.54, 1.807) is 0 Å². The summed E-state index contributed by atoms with van der Waals surface area (Å²) >= 11 is 0. The topological polar surface area (TPSA) is 12.0 Å². The fraction of sp³-hybridized carbons (Fsp3) is 1.00. The van der Waals surface area contributed by atoms with Crippen LogP contribution in [-0.4, -0.2) is 12.6 Å². The molecule has 0 aromatic carbocycles. The van der Waals surface area contributed by atoms with Crippen molar-refractivity contribution in [2.24, 2.45) is 5.92 Å². The largest absolute Gasteiger partial charge is 0.314 e. The third-order valence-electron chi connectivity index (χ3n) is 3.70. The summed E-state index contributed by atoms with van der Waals surface area (Å²) in [5, 5.41) is 3.67. The summed E-state index contributed by atoms with van der Waals surface area (Å²) in [5.41, 5.74) is 0. The molecule has 0 amide bonds. The van der Waals surface area contributed by atoms with Crippen LogP contribution in [0, 0.1) is 5.92 Å². The highest BCUT2D eigenvalue weighted by Crippen LogP contribution is 2.25. The van der Waals surface area contributed by atoms with Crippen molar-refractivity contribution in [1.82, 2.24) is 5.32 Å². The van der Waals surface area contributed by atoms with Crippen molar-refractivity contribution in [2.75, 3.05) is 6.54 Å². The monoisotopic (exact) mass is 197 g/mol. The van der Waals surface area contributed by atoms with Crippen LogP contribution in [0.1, 0.15) is 65.2 Å². The first-order valence-electron chi connectivity index (χ1n) is 6.60. The first kappa shape index (κ1) is 12.0. The third kappa shape index (κ3) is 4.45. The second-order valence-electron chi connectivity index (χ2n) is 4.76. The maximum absolute atomic E-state index is 3.67. The van der Waals surface area contributed by atoms with Crippen molar-refractivity contribution in [3.05, 3.63) is 0 Å². The Morgan fingerprint density at radius 2 is 1.71 bits per heavy atom. The third-order valence-corrected chi connectivity index (χ3v) is 3.70. The van der Waals surface area contributed by atoms with E-state index in [0.29, 0.717) is 0 Å². The molecule has 0 heterocycles. The fourth-order valence-electron chi connectivity index (χ4n) is 2.54. The van der Waals surface area contributed by atoms with E-state index >= 15 is 0 Å². The van der Waals surface area contributed by atoms with E-state index in [0.717, 1.165) is 12.0 Å². The second-order valence-corrected chi connectivity index (χ2v) is 4.76. The lowest BCUT2D eigenvalue weighted by molar-refractivity contribution is 0.325. The van der Waals surface area contributed by atoms with Crippen molar-refractivity contribution < 1.29 is 0 Å². The molecule has 1 nitrogen and oxygen atoms in total. The molecule has 0 radical (unpaired) electrons. The van der Waals surface area contributed by atoms with Crippen molar-refractivity contribution in [3.63, 3.8) is 0 Å². The predicted molar refractivity (Wildman–Crippen MR) is 63.6 cm³/mol. The van der Waals surface area contributed by atoms with E-state index in [-0.39, 0.29) is 0 Å². The maximum Gasteiger partial charge on any atom is 0.00618 e. The minimum atomic E-state index is 0.763. The van der Waals surface area contributed by atoms with Crippen LogP contribution in [-0.2, 0) is 0 Å². The molecule has 1 rings (SSSR count). The maximum atomic E-state index is 3.67. The van der Waals surface area contributed by atoms with E-state index in [4.69, 9.17) is 0 Å². The highest BCUT2D eigenvalue weighted by Gasteiger charge is 2.13. The molecule has 0 aromatic heterocycles. The highest BCUT2D eigenvalue weighted by molar-refractivity contribution is 4.69. The highest BCUT2D eigenvalue weighted by atomic mass is 14.9. The summed E-state index contributed by atoms with van der Waals surface area (Å²) < 4.78 is 0. The van der Waals surface area contributed by atoms with Crippen LogP contribution in [0.15, 0.2) is 0 Å². The molecule has 0 spiro atoms. The zero-order chi connectivity index (χ0) is 10.2. The standard InChI is InChI=1S/C13H27N/c1-3-13(4-2)14-11-10-12-8-6-5-7-9-12/h12-14H,3-11H2,1-2H3. The first-order valence-corrected chi connectivity index (χ1v) is 6.60. The Hall–Kier alpha value is -0.0400. The van der Waals surface area contributed by atoms with E-state index < -0.39 is 0 Å². The molecule has 0 unspecified atom stereocenters. The number of rotatable bonds is 6. The molecule has 1 heteroatoms. The molecule has 1 N–H and O–H groups in total. The molecular weight excluding hydrogens is 170 g/mol. The molecule has 0 aromatic rings. The Morgan fingerprint density at radius 3 is 2.29 bits per heavy atom. The van der Waals surface area contributed by atoms with Crippen LogP contribution in [0.2, 0.25) is 0 Å². The minimum Gasteiger partial charge on any atom is -0.314 e. The van der Waals surface area contributed by atoms with Crippen molar-refractivity contribution in [2.45, 2.75) is 71.3 Å². The average Bonchev–Trinajstić information content (AvgIpc) is 2.26. The van der Waals surface area contributed by atoms with Gasteiger partial charge < -0.3 is 5.32 Å². The SMILES string of the molecule is CCC(CC)NCCC1CCCCC1. The van der Waals surface area contributed by atoms with Crippen molar-refractivity contribution in [1.29, 1.82) is 0 Å². The lowest BCUT2D eigenvalue weighted by Gasteiger charge is -2.23. The van der Waals surface area contributed by atoms with Crippen LogP contribution in [0.5, 0.6) is 0 Å². The van der Waals surface area contributed by atoms with Gasteiger partial charge in [-0.1, -0.05) is 46.0 Å². The summed E-state index contributed by atoms with van der Waals surface area (Å²) in [5.74, 6) is 1.03. The summed E-state index contributed by atoms with van der Waals surface area (Å²) in [4.78, 5) is 0. The van der Waals surface area contributed by atoms with Gasteiger partial charge in [0.25, 0.3) is 0 Å². The zero-order valence-electron chi connectivity index (χ0n) is 10.0. The van der Waals surface area contributed by atoms with Gasteiger partial charge in [0.05, 0.1) is 0 Å². The van der Waals surface area contributed by atoms with E-state index in [9.17, 15) is 0 Å². The van der Waals surface area contributed by atoms with E-state index in [1.165, 1.54) is 57.9 Å². The van der Waals surface area contributed by atoms with Gasteiger partial charge in [-0.15, -0.1) is 0 Å². The fourth-order valence-corrected chi connectivity index (χ4v) is 2.54. The Morgan fingerprint density at radius 1 is 1.07 bits per heavy atom. The van der Waals surface area contributed by atoms with Crippen LogP contribution in [0.4, 0.5) is 0 Å². The Balaban J connectivity index is 2.01. The summed E-state index contributed by atoms with van der Waals surface area (Å²) in [6, 6.07) is 0.763. The molecule has 1 fully saturated rings. The van der Waals surface area contributed by atoms with Gasteiger partial charge in [-0.2, -0.15) is 0 Å². The molecule has 1 aliphatic rings. The van der Waals surface area contributed by atoms with E-state index in [1.807, 2.05) is 0 Å². The van der Waals surface area contributed by atoms with Crippen molar-refractivity contribution >= 4 is 0 Å². The van der Waals surface area contributed by atoms with Gasteiger partial charge in [-0.25, -0.2) is 0 Å². The number of hydrogen-bond acceptors (Lipinski definition) is 1. The summed E-state index contributed by atoms with van der Waals surface area (Å²) in [7, 11) is 0. The molecule has 0 saturated heterocycles. The minimum absolute atomic E-state index is 0.763. The number of hydrogen-bond donors (Lipinski definition) is 1. The van der Waals surface area contributed by atoms with Gasteiger partial charge in [0, 0.05) is 6.04 Å². The Labute approximate surface area is 89.7 Å². The van der Waals surface area contributed by atoms with Crippen molar-refractivity contribution in [3.8, 4) is 0 Å². The lowest BCUT2D eigenvalue weighted by Crippen LogP contribution is -2.29. The molecule has 0 bridgehead atoms. The quantitative estimate of drug-likeness (QED) is 0.684.